The zero-order valence-electron chi connectivity index (χ0n) is 27.6. The summed E-state index contributed by atoms with van der Waals surface area (Å²) in [5.41, 5.74) is 2.85. The van der Waals surface area contributed by atoms with Gasteiger partial charge in [-0.2, -0.15) is 0 Å². The van der Waals surface area contributed by atoms with E-state index in [1.165, 1.54) is 19.3 Å². The van der Waals surface area contributed by atoms with E-state index in [9.17, 15) is 14.7 Å². The van der Waals surface area contributed by atoms with Crippen LogP contribution in [-0.2, 0) is 33.8 Å². The lowest BCUT2D eigenvalue weighted by Gasteiger charge is -2.33. The standard InChI is InChI=1S/C38H53N4O4/c1-28(2)32(20-21-46-26-31-16-10-5-11-17-31)23-36(43)34(22-30-14-8-4-9-15-30)42-38(45)35(24-33-25-39-27-40-33)41-37(44)19-18-29-12-6-3-7-13-29/h3,5-7,10-13,16-17,19,25,27-28,30,32,34-36,43H,4,8-9,14-15,18,20-24,26H2,1-2H3,(H,39,40)(H,41,44)(H,42,45)/t32-,34-,35-,36-/m0/s1. The molecule has 0 bridgehead atoms. The molecule has 0 unspecified atom stereocenters. The molecule has 0 spiro atoms. The molecule has 46 heavy (non-hydrogen) atoms. The molecule has 1 aliphatic rings. The van der Waals surface area contributed by atoms with Crippen LogP contribution in [-0.4, -0.2) is 51.7 Å². The van der Waals surface area contributed by atoms with E-state index in [2.05, 4.69) is 46.6 Å². The van der Waals surface area contributed by atoms with Gasteiger partial charge >= 0.3 is 0 Å². The first-order valence-corrected chi connectivity index (χ1v) is 17.1. The van der Waals surface area contributed by atoms with E-state index in [1.807, 2.05) is 48.5 Å². The van der Waals surface area contributed by atoms with Crippen molar-refractivity contribution >= 4 is 11.8 Å². The Hall–Kier alpha value is -3.49. The molecular weight excluding hydrogens is 576 g/mol. The molecule has 0 saturated heterocycles. The highest BCUT2D eigenvalue weighted by molar-refractivity contribution is 5.91. The number of benzene rings is 2. The third kappa shape index (κ3) is 12.4. The molecule has 8 heteroatoms. The molecule has 4 rings (SSSR count). The van der Waals surface area contributed by atoms with Crippen LogP contribution in [0.25, 0.3) is 0 Å². The van der Waals surface area contributed by atoms with Gasteiger partial charge in [0.2, 0.25) is 11.8 Å². The number of carbonyl (C=O) groups excluding carboxylic acids is 2. The average molecular weight is 630 g/mol. The minimum absolute atomic E-state index is 0.240. The number of aromatic nitrogens is 2. The molecule has 1 saturated carbocycles. The molecule has 1 heterocycles. The van der Waals surface area contributed by atoms with Gasteiger partial charge in [0.1, 0.15) is 6.04 Å². The Bertz CT molecular complexity index is 1260. The topological polar surface area (TPSA) is 116 Å². The van der Waals surface area contributed by atoms with Crippen LogP contribution < -0.4 is 10.6 Å². The molecule has 3 aromatic rings. The van der Waals surface area contributed by atoms with E-state index in [4.69, 9.17) is 4.74 Å². The summed E-state index contributed by atoms with van der Waals surface area (Å²) in [6.07, 6.45) is 12.9. The number of aromatic amines is 1. The van der Waals surface area contributed by atoms with Crippen molar-refractivity contribution in [2.75, 3.05) is 6.61 Å². The number of nitrogens with one attached hydrogen (secondary N) is 3. The van der Waals surface area contributed by atoms with Crippen molar-refractivity contribution < 1.29 is 19.4 Å². The Kier molecular flexibility index (Phi) is 14.8. The van der Waals surface area contributed by atoms with Gasteiger partial charge in [-0.25, -0.2) is 4.98 Å². The highest BCUT2D eigenvalue weighted by Crippen LogP contribution is 2.30. The minimum Gasteiger partial charge on any atom is -0.391 e. The number of amides is 2. The van der Waals surface area contributed by atoms with Gasteiger partial charge in [0.25, 0.3) is 0 Å². The monoisotopic (exact) mass is 629 g/mol. The van der Waals surface area contributed by atoms with Crippen molar-refractivity contribution in [3.63, 3.8) is 0 Å². The molecule has 1 fully saturated rings. The SMILES string of the molecule is CC(C)[C@@H](CCOCc1ccccc1)C[C@H](O)[C@H](CC1CCCCC1)NC(=O)[C@H](Cc1c[nH]cn1)NC(=O)[CH]Cc1ccccc1. The van der Waals surface area contributed by atoms with Gasteiger partial charge in [-0.1, -0.05) is 107 Å². The Balaban J connectivity index is 1.40. The van der Waals surface area contributed by atoms with Crippen molar-refractivity contribution in [3.05, 3.63) is 96.4 Å². The minimum atomic E-state index is -0.823. The van der Waals surface area contributed by atoms with Crippen LogP contribution in [0.3, 0.4) is 0 Å². The van der Waals surface area contributed by atoms with Crippen LogP contribution in [0, 0.1) is 24.2 Å². The van der Waals surface area contributed by atoms with E-state index < -0.39 is 18.2 Å². The Morgan fingerprint density at radius 1 is 1.00 bits per heavy atom. The number of imidazole rings is 1. The highest BCUT2D eigenvalue weighted by Gasteiger charge is 2.32. The largest absolute Gasteiger partial charge is 0.391 e. The van der Waals surface area contributed by atoms with Crippen LogP contribution >= 0.6 is 0 Å². The summed E-state index contributed by atoms with van der Waals surface area (Å²) >= 11 is 0. The summed E-state index contributed by atoms with van der Waals surface area (Å²) in [7, 11) is 0. The van der Waals surface area contributed by atoms with Gasteiger partial charge in [0, 0.05) is 19.2 Å². The fraction of sp³-hybridized carbons (Fsp3) is 0.526. The normalized spacial score (nSPS) is 16.4. The fourth-order valence-corrected chi connectivity index (χ4v) is 6.45. The molecule has 249 valence electrons. The van der Waals surface area contributed by atoms with Gasteiger partial charge in [0.15, 0.2) is 0 Å². The Morgan fingerprint density at radius 2 is 1.70 bits per heavy atom. The number of aliphatic hydroxyl groups is 1. The van der Waals surface area contributed by atoms with Crippen LogP contribution in [0.1, 0.15) is 82.0 Å². The summed E-state index contributed by atoms with van der Waals surface area (Å²) in [6.45, 7) is 5.55. The first kappa shape index (κ1) is 35.4. The summed E-state index contributed by atoms with van der Waals surface area (Å²) in [4.78, 5) is 34.1. The molecular formula is C38H53N4O4. The summed E-state index contributed by atoms with van der Waals surface area (Å²) in [5, 5.41) is 17.8. The maximum absolute atomic E-state index is 13.9. The fourth-order valence-electron chi connectivity index (χ4n) is 6.45. The van der Waals surface area contributed by atoms with Crippen LogP contribution in [0.15, 0.2) is 73.2 Å². The number of ether oxygens (including phenoxy) is 1. The summed E-state index contributed by atoms with van der Waals surface area (Å²) < 4.78 is 5.99. The number of hydrogen-bond donors (Lipinski definition) is 4. The number of aliphatic hydroxyl groups excluding tert-OH is 1. The van der Waals surface area contributed by atoms with Crippen molar-refractivity contribution in [3.8, 4) is 0 Å². The molecule has 8 nitrogen and oxygen atoms in total. The molecule has 4 N–H and O–H groups in total. The average Bonchev–Trinajstić information content (AvgIpc) is 3.59. The summed E-state index contributed by atoms with van der Waals surface area (Å²) in [6, 6.07) is 18.7. The number of H-pyrrole nitrogens is 1. The van der Waals surface area contributed by atoms with Crippen molar-refractivity contribution in [2.45, 2.75) is 103 Å². The van der Waals surface area contributed by atoms with E-state index in [1.54, 1.807) is 18.9 Å². The number of nitrogens with zero attached hydrogens (tertiary/aromatic N) is 1. The van der Waals surface area contributed by atoms with E-state index in [-0.39, 0.29) is 24.2 Å². The second-order valence-corrected chi connectivity index (χ2v) is 13.2. The number of carbonyl (C=O) groups is 2. The first-order valence-electron chi connectivity index (χ1n) is 17.1. The quantitative estimate of drug-likeness (QED) is 0.122. The second-order valence-electron chi connectivity index (χ2n) is 13.2. The van der Waals surface area contributed by atoms with Gasteiger partial charge in [-0.05, 0) is 54.6 Å². The first-order chi connectivity index (χ1) is 22.4. The van der Waals surface area contributed by atoms with E-state index >= 15 is 0 Å². The number of hydrogen-bond acceptors (Lipinski definition) is 5. The lowest BCUT2D eigenvalue weighted by Crippen LogP contribution is -2.54. The predicted molar refractivity (Wildman–Crippen MR) is 181 cm³/mol. The lowest BCUT2D eigenvalue weighted by molar-refractivity contribution is -0.129. The van der Waals surface area contributed by atoms with E-state index in [0.717, 1.165) is 36.8 Å². The molecule has 1 aliphatic carbocycles. The van der Waals surface area contributed by atoms with Gasteiger partial charge in [0.05, 0.1) is 37.2 Å². The van der Waals surface area contributed by atoms with Gasteiger partial charge < -0.3 is 25.5 Å². The molecule has 1 aromatic heterocycles. The van der Waals surface area contributed by atoms with Crippen LogP contribution in [0.2, 0.25) is 0 Å². The Morgan fingerprint density at radius 3 is 2.35 bits per heavy atom. The van der Waals surface area contributed by atoms with E-state index in [0.29, 0.717) is 43.6 Å². The molecule has 1 radical (unpaired) electrons. The van der Waals surface area contributed by atoms with Crippen molar-refractivity contribution in [2.24, 2.45) is 17.8 Å². The molecule has 2 amide bonds. The van der Waals surface area contributed by atoms with Crippen LogP contribution in [0.4, 0.5) is 0 Å². The predicted octanol–water partition coefficient (Wildman–Crippen LogP) is 5.97. The molecule has 4 atom stereocenters. The van der Waals surface area contributed by atoms with Gasteiger partial charge in [-0.3, -0.25) is 9.59 Å². The summed E-state index contributed by atoms with van der Waals surface area (Å²) in [5.74, 6) is 0.450. The van der Waals surface area contributed by atoms with Crippen molar-refractivity contribution in [1.82, 2.24) is 20.6 Å². The maximum atomic E-state index is 13.9. The number of rotatable bonds is 19. The van der Waals surface area contributed by atoms with Gasteiger partial charge in [-0.15, -0.1) is 0 Å². The second kappa shape index (κ2) is 19.2. The third-order valence-electron chi connectivity index (χ3n) is 9.30. The van der Waals surface area contributed by atoms with Crippen LogP contribution in [0.5, 0.6) is 0 Å². The zero-order valence-corrected chi connectivity index (χ0v) is 27.6. The zero-order chi connectivity index (χ0) is 32.6. The lowest BCUT2D eigenvalue weighted by atomic mass is 9.80. The highest BCUT2D eigenvalue weighted by atomic mass is 16.5. The Labute approximate surface area is 275 Å². The smallest absolute Gasteiger partial charge is 0.243 e. The molecule has 2 aromatic carbocycles. The third-order valence-corrected chi connectivity index (χ3v) is 9.30. The maximum Gasteiger partial charge on any atom is 0.243 e. The molecule has 0 aliphatic heterocycles. The van der Waals surface area contributed by atoms with Crippen molar-refractivity contribution in [1.29, 1.82) is 0 Å².